The molecule has 1 fully saturated rings. The number of urea groups is 1. The Morgan fingerprint density at radius 1 is 0.825 bits per heavy atom. The maximum atomic E-state index is 14.8. The molecule has 0 saturated heterocycles. The predicted molar refractivity (Wildman–Crippen MR) is 139 cm³/mol. The number of nitrogens with one attached hydrogen (secondary N) is 3. The highest BCUT2D eigenvalue weighted by Gasteiger charge is 2.32. The first-order valence-corrected chi connectivity index (χ1v) is 12.1. The molecule has 8 nitrogen and oxygen atoms in total. The number of alkyl halides is 3. The number of hydrogen-bond donors (Lipinski definition) is 3. The van der Waals surface area contributed by atoms with E-state index in [1.165, 1.54) is 48.9 Å². The molecule has 0 unspecified atom stereocenters. The Hall–Kier alpha value is -5.00. The zero-order valence-corrected chi connectivity index (χ0v) is 20.6. The van der Waals surface area contributed by atoms with Gasteiger partial charge in [0.25, 0.3) is 0 Å². The molecule has 3 N–H and O–H groups in total. The Morgan fingerprint density at radius 2 is 1.57 bits per heavy atom. The highest BCUT2D eigenvalue weighted by atomic mass is 19.4. The lowest BCUT2D eigenvalue weighted by Crippen LogP contribution is -2.20. The summed E-state index contributed by atoms with van der Waals surface area (Å²) < 4.78 is 60.8. The SMILES string of the molecule is O=C(Nc1cc(-c2ccncc2)cc(C(F)(F)F)c1)Nc1ccc(Oc2ccnc(NC(=O)C3CC3)c2)c(F)c1. The minimum Gasteiger partial charge on any atom is -0.454 e. The van der Waals surface area contributed by atoms with Crippen LogP contribution in [0.3, 0.4) is 0 Å². The van der Waals surface area contributed by atoms with Gasteiger partial charge in [-0.2, -0.15) is 13.2 Å². The zero-order valence-electron chi connectivity index (χ0n) is 20.6. The summed E-state index contributed by atoms with van der Waals surface area (Å²) in [7, 11) is 0. The van der Waals surface area contributed by atoms with Gasteiger partial charge in [0.05, 0.1) is 5.56 Å². The van der Waals surface area contributed by atoms with Gasteiger partial charge < -0.3 is 20.7 Å². The smallest absolute Gasteiger partial charge is 0.416 e. The quantitative estimate of drug-likeness (QED) is 0.213. The van der Waals surface area contributed by atoms with Crippen molar-refractivity contribution >= 4 is 29.1 Å². The first kappa shape index (κ1) is 26.6. The maximum Gasteiger partial charge on any atom is 0.416 e. The Balaban J connectivity index is 1.26. The van der Waals surface area contributed by atoms with E-state index >= 15 is 0 Å². The minimum atomic E-state index is -4.65. The van der Waals surface area contributed by atoms with Gasteiger partial charge in [-0.1, -0.05) is 0 Å². The molecular formula is C28H21F4N5O3. The van der Waals surface area contributed by atoms with E-state index in [2.05, 4.69) is 25.9 Å². The van der Waals surface area contributed by atoms with Crippen LogP contribution in [0.1, 0.15) is 18.4 Å². The number of nitrogens with zero attached hydrogens (tertiary/aromatic N) is 2. The molecule has 1 aliphatic rings. The third-order valence-corrected chi connectivity index (χ3v) is 5.88. The van der Waals surface area contributed by atoms with Crippen LogP contribution in [0.5, 0.6) is 11.5 Å². The van der Waals surface area contributed by atoms with Crippen LogP contribution in [-0.4, -0.2) is 21.9 Å². The summed E-state index contributed by atoms with van der Waals surface area (Å²) >= 11 is 0. The largest absolute Gasteiger partial charge is 0.454 e. The molecule has 12 heteroatoms. The Labute approximate surface area is 225 Å². The van der Waals surface area contributed by atoms with Gasteiger partial charge in [-0.3, -0.25) is 9.78 Å². The van der Waals surface area contributed by atoms with Gasteiger partial charge in [0.2, 0.25) is 5.91 Å². The molecule has 0 radical (unpaired) electrons. The number of carbonyl (C=O) groups is 2. The number of rotatable bonds is 7. The third kappa shape index (κ3) is 6.70. The molecule has 0 spiro atoms. The van der Waals surface area contributed by atoms with E-state index in [-0.39, 0.29) is 46.1 Å². The van der Waals surface area contributed by atoms with Gasteiger partial charge in [0.15, 0.2) is 11.6 Å². The molecule has 3 amide bonds. The summed E-state index contributed by atoms with van der Waals surface area (Å²) in [6.07, 6.45) is 1.31. The number of pyridine rings is 2. The molecule has 0 aliphatic heterocycles. The second-order valence-corrected chi connectivity index (χ2v) is 9.00. The van der Waals surface area contributed by atoms with Crippen LogP contribution in [0.25, 0.3) is 11.1 Å². The average molecular weight is 552 g/mol. The zero-order chi connectivity index (χ0) is 28.3. The highest BCUT2D eigenvalue weighted by molar-refractivity contribution is 6.00. The molecular weight excluding hydrogens is 530 g/mol. The number of anilines is 3. The van der Waals surface area contributed by atoms with E-state index in [9.17, 15) is 27.2 Å². The number of aromatic nitrogens is 2. The third-order valence-electron chi connectivity index (χ3n) is 5.88. The predicted octanol–water partition coefficient (Wildman–Crippen LogP) is 7.09. The van der Waals surface area contributed by atoms with Crippen LogP contribution in [0.2, 0.25) is 0 Å². The van der Waals surface area contributed by atoms with Gasteiger partial charge in [0, 0.05) is 48.0 Å². The molecule has 40 heavy (non-hydrogen) atoms. The van der Waals surface area contributed by atoms with Gasteiger partial charge >= 0.3 is 12.2 Å². The minimum absolute atomic E-state index is 0.0156. The highest BCUT2D eigenvalue weighted by Crippen LogP contribution is 2.35. The van der Waals surface area contributed by atoms with E-state index in [4.69, 9.17) is 4.74 Å². The van der Waals surface area contributed by atoms with Gasteiger partial charge in [-0.15, -0.1) is 0 Å². The Kier molecular flexibility index (Phi) is 7.32. The molecule has 204 valence electrons. The summed E-state index contributed by atoms with van der Waals surface area (Å²) in [4.78, 5) is 32.4. The molecule has 4 aromatic rings. The second kappa shape index (κ2) is 11.0. The lowest BCUT2D eigenvalue weighted by atomic mass is 10.0. The van der Waals surface area contributed by atoms with Crippen molar-refractivity contribution in [3.05, 3.63) is 90.6 Å². The lowest BCUT2D eigenvalue weighted by Gasteiger charge is -2.14. The van der Waals surface area contributed by atoms with Crippen LogP contribution >= 0.6 is 0 Å². The first-order chi connectivity index (χ1) is 19.1. The van der Waals surface area contributed by atoms with Crippen molar-refractivity contribution in [2.75, 3.05) is 16.0 Å². The van der Waals surface area contributed by atoms with Gasteiger partial charge in [-0.25, -0.2) is 14.2 Å². The van der Waals surface area contributed by atoms with Crippen molar-refractivity contribution in [3.8, 4) is 22.6 Å². The molecule has 0 bridgehead atoms. The number of benzene rings is 2. The van der Waals surface area contributed by atoms with Crippen molar-refractivity contribution in [2.24, 2.45) is 5.92 Å². The van der Waals surface area contributed by atoms with Crippen LogP contribution in [-0.2, 0) is 11.0 Å². The molecule has 2 aromatic heterocycles. The molecule has 1 aliphatic carbocycles. The molecule has 2 aromatic carbocycles. The van der Waals surface area contributed by atoms with E-state index in [0.29, 0.717) is 5.56 Å². The summed E-state index contributed by atoms with van der Waals surface area (Å²) in [6.45, 7) is 0. The van der Waals surface area contributed by atoms with Gasteiger partial charge in [-0.05, 0) is 72.5 Å². The van der Waals surface area contributed by atoms with Crippen LogP contribution < -0.4 is 20.7 Å². The molecule has 0 atom stereocenters. The monoisotopic (exact) mass is 551 g/mol. The van der Waals surface area contributed by atoms with Crippen molar-refractivity contribution in [3.63, 3.8) is 0 Å². The van der Waals surface area contributed by atoms with Crippen molar-refractivity contribution in [2.45, 2.75) is 19.0 Å². The number of carbonyl (C=O) groups excluding carboxylic acids is 2. The topological polar surface area (TPSA) is 105 Å². The van der Waals surface area contributed by atoms with Crippen molar-refractivity contribution in [1.29, 1.82) is 0 Å². The summed E-state index contributed by atoms with van der Waals surface area (Å²) in [5, 5.41) is 7.43. The summed E-state index contributed by atoms with van der Waals surface area (Å²) in [6, 6.07) is 12.0. The van der Waals surface area contributed by atoms with Gasteiger partial charge in [0.1, 0.15) is 11.6 Å². The fourth-order valence-electron chi connectivity index (χ4n) is 3.77. The molecule has 2 heterocycles. The fraction of sp³-hybridized carbons (Fsp3) is 0.143. The maximum absolute atomic E-state index is 14.8. The van der Waals surface area contributed by atoms with E-state index in [1.54, 1.807) is 12.1 Å². The summed E-state index contributed by atoms with van der Waals surface area (Å²) in [5.41, 5.74) is -0.311. The normalized spacial score (nSPS) is 12.9. The Morgan fingerprint density at radius 3 is 2.27 bits per heavy atom. The van der Waals surface area contributed by atoms with E-state index in [0.717, 1.165) is 31.0 Å². The fourth-order valence-corrected chi connectivity index (χ4v) is 3.77. The standard InChI is InChI=1S/C28H21F4N5O3/c29-23-14-20(3-4-24(23)40-22-7-10-34-25(15-22)37-26(38)17-1-2-17)35-27(39)36-21-12-18(16-5-8-33-9-6-16)11-19(13-21)28(30,31)32/h3-15,17H,1-2H2,(H,34,37,38)(H2,35,36,39). The van der Waals surface area contributed by atoms with Crippen molar-refractivity contribution < 1.29 is 31.9 Å². The number of halogens is 4. The number of hydrogen-bond acceptors (Lipinski definition) is 5. The lowest BCUT2D eigenvalue weighted by molar-refractivity contribution is -0.137. The second-order valence-electron chi connectivity index (χ2n) is 9.00. The van der Waals surface area contributed by atoms with Crippen LogP contribution in [0.15, 0.2) is 79.3 Å². The molecule has 5 rings (SSSR count). The van der Waals surface area contributed by atoms with E-state index < -0.39 is 23.6 Å². The molecule has 1 saturated carbocycles. The van der Waals surface area contributed by atoms with Crippen LogP contribution in [0, 0.1) is 11.7 Å². The van der Waals surface area contributed by atoms with Crippen molar-refractivity contribution in [1.82, 2.24) is 9.97 Å². The first-order valence-electron chi connectivity index (χ1n) is 12.1. The van der Waals surface area contributed by atoms with Crippen LogP contribution in [0.4, 0.5) is 39.5 Å². The van der Waals surface area contributed by atoms with E-state index in [1.807, 2.05) is 0 Å². The number of ether oxygens (including phenoxy) is 1. The number of amides is 3. The average Bonchev–Trinajstić information content (AvgIpc) is 3.76. The summed E-state index contributed by atoms with van der Waals surface area (Å²) in [5.74, 6) is -0.616. The Bertz CT molecular complexity index is 1560.